The fourth-order valence-electron chi connectivity index (χ4n) is 1.72. The van der Waals surface area contributed by atoms with Crippen molar-refractivity contribution in [2.75, 3.05) is 6.61 Å². The molecule has 1 saturated heterocycles. The molecule has 0 aliphatic carbocycles. The molecule has 0 aromatic carbocycles. The Morgan fingerprint density at radius 1 is 1.29 bits per heavy atom. The Morgan fingerprint density at radius 2 is 1.82 bits per heavy atom. The lowest BCUT2D eigenvalue weighted by Crippen LogP contribution is -2.69. The molecule has 8 nitrogen and oxygen atoms in total. The Kier molecular flexibility index (Phi) is 4.07. The molecular weight excluding hydrogens is 234 g/mol. The van der Waals surface area contributed by atoms with Crippen molar-refractivity contribution in [3.05, 3.63) is 0 Å². The van der Waals surface area contributed by atoms with E-state index in [0.717, 1.165) is 6.92 Å². The fraction of sp³-hybridized carbons (Fsp3) is 0.889. The highest BCUT2D eigenvalue weighted by molar-refractivity contribution is 5.79. The van der Waals surface area contributed by atoms with Crippen molar-refractivity contribution in [3.8, 4) is 0 Å². The monoisotopic (exact) mass is 251 g/mol. The topological polar surface area (TPSA) is 153 Å². The van der Waals surface area contributed by atoms with E-state index in [1.807, 2.05) is 0 Å². The SMILES string of the molecule is C[C@@](N)(C(=O)O)C1OC(CO)C(O)C(O)C1O. The second kappa shape index (κ2) is 4.84. The molecular formula is C9H17NO7. The van der Waals surface area contributed by atoms with Crippen molar-refractivity contribution < 1.29 is 35.1 Å². The van der Waals surface area contributed by atoms with Crippen LogP contribution in [0.25, 0.3) is 0 Å². The number of aliphatic hydroxyl groups is 4. The van der Waals surface area contributed by atoms with Gasteiger partial charge in [-0.3, -0.25) is 4.79 Å². The number of nitrogens with two attached hydrogens (primary N) is 1. The Hall–Kier alpha value is -0.770. The molecule has 100 valence electrons. The van der Waals surface area contributed by atoms with Crippen LogP contribution in [0.2, 0.25) is 0 Å². The lowest BCUT2D eigenvalue weighted by atomic mass is 9.84. The lowest BCUT2D eigenvalue weighted by molar-refractivity contribution is -0.243. The van der Waals surface area contributed by atoms with Crippen LogP contribution in [0.3, 0.4) is 0 Å². The van der Waals surface area contributed by atoms with Crippen molar-refractivity contribution in [2.24, 2.45) is 5.73 Å². The minimum atomic E-state index is -1.95. The molecule has 1 aliphatic rings. The van der Waals surface area contributed by atoms with Gasteiger partial charge in [-0.1, -0.05) is 0 Å². The van der Waals surface area contributed by atoms with Crippen LogP contribution >= 0.6 is 0 Å². The number of aliphatic carboxylic acids is 1. The Balaban J connectivity index is 2.97. The first-order valence-corrected chi connectivity index (χ1v) is 5.06. The quantitative estimate of drug-likeness (QED) is 0.304. The van der Waals surface area contributed by atoms with Gasteiger partial charge in [0.1, 0.15) is 36.1 Å². The highest BCUT2D eigenvalue weighted by atomic mass is 16.5. The number of carbonyl (C=O) groups is 1. The van der Waals surface area contributed by atoms with E-state index in [-0.39, 0.29) is 0 Å². The number of carboxylic acid groups (broad SMARTS) is 1. The molecule has 0 aromatic rings. The summed E-state index contributed by atoms with van der Waals surface area (Å²) in [5, 5.41) is 46.4. The zero-order chi connectivity index (χ0) is 13.4. The van der Waals surface area contributed by atoms with E-state index in [2.05, 4.69) is 0 Å². The predicted octanol–water partition coefficient (Wildman–Crippen LogP) is -3.37. The van der Waals surface area contributed by atoms with Gasteiger partial charge in [-0.15, -0.1) is 0 Å². The molecule has 6 atom stereocenters. The van der Waals surface area contributed by atoms with Crippen LogP contribution in [0.1, 0.15) is 6.92 Å². The van der Waals surface area contributed by atoms with Crippen molar-refractivity contribution in [1.82, 2.24) is 0 Å². The highest BCUT2D eigenvalue weighted by Gasteiger charge is 2.52. The fourth-order valence-corrected chi connectivity index (χ4v) is 1.72. The molecule has 1 fully saturated rings. The minimum Gasteiger partial charge on any atom is -0.480 e. The Morgan fingerprint density at radius 3 is 2.24 bits per heavy atom. The molecule has 17 heavy (non-hydrogen) atoms. The molecule has 0 bridgehead atoms. The number of carboxylic acids is 1. The van der Waals surface area contributed by atoms with Gasteiger partial charge in [0, 0.05) is 0 Å². The van der Waals surface area contributed by atoms with Crippen LogP contribution in [0.5, 0.6) is 0 Å². The molecule has 8 heteroatoms. The van der Waals surface area contributed by atoms with Gasteiger partial charge in [0.15, 0.2) is 0 Å². The third-order valence-corrected chi connectivity index (χ3v) is 2.94. The van der Waals surface area contributed by atoms with Gasteiger partial charge in [-0.25, -0.2) is 0 Å². The van der Waals surface area contributed by atoms with Gasteiger partial charge >= 0.3 is 5.97 Å². The molecule has 0 radical (unpaired) electrons. The maximum Gasteiger partial charge on any atom is 0.326 e. The summed E-state index contributed by atoms with van der Waals surface area (Å²) < 4.78 is 5.04. The first-order valence-electron chi connectivity index (χ1n) is 5.06. The third kappa shape index (κ3) is 2.41. The lowest BCUT2D eigenvalue weighted by Gasteiger charge is -2.44. The molecule has 7 N–H and O–H groups in total. The van der Waals surface area contributed by atoms with Gasteiger partial charge in [0.2, 0.25) is 0 Å². The Labute approximate surface area is 97.2 Å². The summed E-state index contributed by atoms with van der Waals surface area (Å²) in [7, 11) is 0. The molecule has 1 rings (SSSR count). The second-order valence-electron chi connectivity index (χ2n) is 4.34. The van der Waals surface area contributed by atoms with Crippen molar-refractivity contribution in [1.29, 1.82) is 0 Å². The van der Waals surface area contributed by atoms with Gasteiger partial charge in [0.05, 0.1) is 6.61 Å². The average molecular weight is 251 g/mol. The summed E-state index contributed by atoms with van der Waals surface area (Å²) >= 11 is 0. The summed E-state index contributed by atoms with van der Waals surface area (Å²) in [4.78, 5) is 10.9. The van der Waals surface area contributed by atoms with Crippen molar-refractivity contribution >= 4 is 5.97 Å². The summed E-state index contributed by atoms with van der Waals surface area (Å²) in [6, 6.07) is 0. The standard InChI is InChI=1S/C9H17NO7/c1-9(10,8(15)16)7-6(14)5(13)4(12)3(2-11)17-7/h3-7,11-14H,2,10H2,1H3,(H,15,16)/t3?,4?,5?,6?,7?,9-/m0/s1. The number of ether oxygens (including phenoxy) is 1. The van der Waals surface area contributed by atoms with E-state index < -0.39 is 48.6 Å². The summed E-state index contributed by atoms with van der Waals surface area (Å²) in [6.45, 7) is 0.485. The van der Waals surface area contributed by atoms with Crippen LogP contribution in [0.4, 0.5) is 0 Å². The molecule has 5 unspecified atom stereocenters. The first-order chi connectivity index (χ1) is 7.73. The van der Waals surface area contributed by atoms with E-state index in [1.54, 1.807) is 0 Å². The first kappa shape index (κ1) is 14.3. The molecule has 1 heterocycles. The number of aliphatic hydroxyl groups excluding tert-OH is 4. The van der Waals surface area contributed by atoms with Crippen LogP contribution in [-0.2, 0) is 9.53 Å². The van der Waals surface area contributed by atoms with Gasteiger partial charge in [-0.2, -0.15) is 0 Å². The number of hydrogen-bond acceptors (Lipinski definition) is 7. The average Bonchev–Trinajstić information content (AvgIpc) is 2.26. The normalized spacial score (nSPS) is 41.9. The smallest absolute Gasteiger partial charge is 0.326 e. The summed E-state index contributed by atoms with van der Waals surface area (Å²) in [5.41, 5.74) is 3.54. The molecule has 0 spiro atoms. The van der Waals surface area contributed by atoms with Crippen LogP contribution in [0, 0.1) is 0 Å². The predicted molar refractivity (Wildman–Crippen MR) is 54.0 cm³/mol. The highest BCUT2D eigenvalue weighted by Crippen LogP contribution is 2.27. The molecule has 1 aliphatic heterocycles. The second-order valence-corrected chi connectivity index (χ2v) is 4.34. The van der Waals surface area contributed by atoms with Crippen molar-refractivity contribution in [3.63, 3.8) is 0 Å². The zero-order valence-electron chi connectivity index (χ0n) is 9.22. The maximum absolute atomic E-state index is 10.9. The van der Waals surface area contributed by atoms with Gasteiger partial charge in [-0.05, 0) is 6.92 Å². The van der Waals surface area contributed by atoms with Crippen LogP contribution in [-0.4, -0.2) is 74.2 Å². The Bertz CT molecular complexity index is 293. The summed E-state index contributed by atoms with van der Waals surface area (Å²) in [6.07, 6.45) is -7.42. The molecule has 0 saturated carbocycles. The third-order valence-electron chi connectivity index (χ3n) is 2.94. The number of hydrogen-bond donors (Lipinski definition) is 6. The summed E-state index contributed by atoms with van der Waals surface area (Å²) in [5.74, 6) is -1.43. The number of rotatable bonds is 3. The molecule has 0 aromatic heterocycles. The minimum absolute atomic E-state index is 0.628. The maximum atomic E-state index is 10.9. The van der Waals surface area contributed by atoms with Crippen LogP contribution in [0.15, 0.2) is 0 Å². The van der Waals surface area contributed by atoms with E-state index >= 15 is 0 Å². The van der Waals surface area contributed by atoms with Gasteiger partial charge in [0.25, 0.3) is 0 Å². The largest absolute Gasteiger partial charge is 0.480 e. The van der Waals surface area contributed by atoms with E-state index in [9.17, 15) is 20.1 Å². The van der Waals surface area contributed by atoms with E-state index in [4.69, 9.17) is 20.7 Å². The zero-order valence-corrected chi connectivity index (χ0v) is 9.22. The van der Waals surface area contributed by atoms with E-state index in [1.165, 1.54) is 0 Å². The van der Waals surface area contributed by atoms with Gasteiger partial charge < -0.3 is 36.0 Å². The van der Waals surface area contributed by atoms with Crippen LogP contribution < -0.4 is 5.73 Å². The van der Waals surface area contributed by atoms with Crippen molar-refractivity contribution in [2.45, 2.75) is 43.0 Å². The molecule has 0 amide bonds. The van der Waals surface area contributed by atoms with E-state index in [0.29, 0.717) is 0 Å².